The van der Waals surface area contributed by atoms with Gasteiger partial charge < -0.3 is 5.32 Å². The Kier molecular flexibility index (Phi) is 4.37. The van der Waals surface area contributed by atoms with Gasteiger partial charge in [0.15, 0.2) is 5.82 Å². The van der Waals surface area contributed by atoms with E-state index in [1.54, 1.807) is 18.2 Å². The fourth-order valence-corrected chi connectivity index (χ4v) is 1.86. The van der Waals surface area contributed by atoms with E-state index in [0.717, 1.165) is 4.57 Å². The van der Waals surface area contributed by atoms with Crippen molar-refractivity contribution in [3.63, 3.8) is 0 Å². The van der Waals surface area contributed by atoms with E-state index in [0.29, 0.717) is 10.7 Å². The first-order valence-electron chi connectivity index (χ1n) is 5.92. The molecular formula is C12H10ClN5O4. The van der Waals surface area contributed by atoms with Crippen LogP contribution in [0.2, 0.25) is 5.02 Å². The smallest absolute Gasteiger partial charge is 0.308 e. The van der Waals surface area contributed by atoms with Gasteiger partial charge in [0.25, 0.3) is 5.56 Å². The van der Waals surface area contributed by atoms with Gasteiger partial charge in [-0.05, 0) is 23.4 Å². The van der Waals surface area contributed by atoms with Crippen LogP contribution in [0.25, 0.3) is 0 Å². The van der Waals surface area contributed by atoms with E-state index < -0.39 is 23.0 Å². The van der Waals surface area contributed by atoms with Crippen molar-refractivity contribution in [2.45, 2.75) is 0 Å². The SMILES string of the molecule is Cn1c(NC(=O)Nc2cccc(Cl)c2)c(N=O)c(=O)[nH]c1=O. The normalized spacial score (nSPS) is 10.1. The van der Waals surface area contributed by atoms with Crippen molar-refractivity contribution in [1.29, 1.82) is 0 Å². The summed E-state index contributed by atoms with van der Waals surface area (Å²) in [5.41, 5.74) is -2.00. The molecule has 0 radical (unpaired) electrons. The van der Waals surface area contributed by atoms with Crippen LogP contribution in [0.15, 0.2) is 39.0 Å². The number of urea groups is 1. The Morgan fingerprint density at radius 2 is 2.05 bits per heavy atom. The van der Waals surface area contributed by atoms with Crippen molar-refractivity contribution in [3.05, 3.63) is 55.0 Å². The molecule has 0 fully saturated rings. The van der Waals surface area contributed by atoms with Gasteiger partial charge in [-0.15, -0.1) is 4.91 Å². The molecule has 0 bridgehead atoms. The molecule has 1 aromatic heterocycles. The van der Waals surface area contributed by atoms with Crippen LogP contribution < -0.4 is 21.9 Å². The fraction of sp³-hybridized carbons (Fsp3) is 0.0833. The van der Waals surface area contributed by atoms with Gasteiger partial charge in [-0.25, -0.2) is 9.59 Å². The average Bonchev–Trinajstić information content (AvgIpc) is 2.44. The van der Waals surface area contributed by atoms with Crippen LogP contribution in [0.4, 0.5) is 22.0 Å². The molecule has 9 nitrogen and oxygen atoms in total. The Morgan fingerprint density at radius 3 is 2.68 bits per heavy atom. The average molecular weight is 324 g/mol. The van der Waals surface area contributed by atoms with Crippen molar-refractivity contribution in [3.8, 4) is 0 Å². The third-order valence-electron chi connectivity index (χ3n) is 2.71. The standard InChI is InChI=1S/C12H10ClN5O4/c1-18-9(8(17-22)10(19)16-12(18)21)15-11(20)14-7-4-2-3-6(13)5-7/h2-5H,1H3,(H2,14,15,20)(H,16,19,21). The zero-order valence-electron chi connectivity index (χ0n) is 11.2. The van der Waals surface area contributed by atoms with Gasteiger partial charge in [-0.2, -0.15) is 0 Å². The summed E-state index contributed by atoms with van der Waals surface area (Å²) < 4.78 is 0.885. The second-order valence-corrected chi connectivity index (χ2v) is 4.63. The highest BCUT2D eigenvalue weighted by Crippen LogP contribution is 2.18. The maximum Gasteiger partial charge on any atom is 0.329 e. The van der Waals surface area contributed by atoms with E-state index in [4.69, 9.17) is 11.6 Å². The number of hydrogen-bond donors (Lipinski definition) is 3. The van der Waals surface area contributed by atoms with E-state index in [9.17, 15) is 19.3 Å². The maximum atomic E-state index is 11.9. The summed E-state index contributed by atoms with van der Waals surface area (Å²) in [6.07, 6.45) is 0. The van der Waals surface area contributed by atoms with Crippen molar-refractivity contribution in [2.75, 3.05) is 10.6 Å². The lowest BCUT2D eigenvalue weighted by Crippen LogP contribution is -2.32. The van der Waals surface area contributed by atoms with E-state index >= 15 is 0 Å². The summed E-state index contributed by atoms with van der Waals surface area (Å²) in [6.45, 7) is 0. The number of aromatic amines is 1. The molecule has 1 aromatic carbocycles. The quantitative estimate of drug-likeness (QED) is 0.744. The number of H-pyrrole nitrogens is 1. The van der Waals surface area contributed by atoms with E-state index in [1.165, 1.54) is 13.1 Å². The molecule has 1 heterocycles. The van der Waals surface area contributed by atoms with Crippen LogP contribution >= 0.6 is 11.6 Å². The zero-order valence-corrected chi connectivity index (χ0v) is 12.0. The van der Waals surface area contributed by atoms with E-state index in [2.05, 4.69) is 15.8 Å². The molecule has 0 saturated carbocycles. The van der Waals surface area contributed by atoms with Crippen LogP contribution in [0.1, 0.15) is 0 Å². The molecule has 2 aromatic rings. The fourth-order valence-electron chi connectivity index (χ4n) is 1.67. The molecule has 2 rings (SSSR count). The Balaban J connectivity index is 2.31. The third-order valence-corrected chi connectivity index (χ3v) is 2.94. The minimum absolute atomic E-state index is 0.316. The van der Waals surface area contributed by atoms with Gasteiger partial charge >= 0.3 is 11.7 Å². The molecule has 0 aliphatic carbocycles. The van der Waals surface area contributed by atoms with Crippen LogP contribution in [0.3, 0.4) is 0 Å². The van der Waals surface area contributed by atoms with E-state index in [-0.39, 0.29) is 5.82 Å². The number of carbonyl (C=O) groups excluding carboxylic acids is 1. The second kappa shape index (κ2) is 6.22. The van der Waals surface area contributed by atoms with Gasteiger partial charge in [0.2, 0.25) is 5.69 Å². The third kappa shape index (κ3) is 3.20. The number of carbonyl (C=O) groups is 1. The number of aromatic nitrogens is 2. The van der Waals surface area contributed by atoms with Gasteiger partial charge in [-0.1, -0.05) is 17.7 Å². The van der Waals surface area contributed by atoms with Gasteiger partial charge in [0.1, 0.15) is 0 Å². The molecule has 0 unspecified atom stereocenters. The first-order chi connectivity index (χ1) is 10.4. The molecule has 0 saturated heterocycles. The highest BCUT2D eigenvalue weighted by Gasteiger charge is 2.16. The summed E-state index contributed by atoms with van der Waals surface area (Å²) in [5.74, 6) is -0.316. The number of nitrogens with zero attached hydrogens (tertiary/aromatic N) is 2. The first kappa shape index (κ1) is 15.4. The van der Waals surface area contributed by atoms with Crippen molar-refractivity contribution in [1.82, 2.24) is 9.55 Å². The minimum atomic E-state index is -0.990. The highest BCUT2D eigenvalue weighted by molar-refractivity contribution is 6.30. The predicted octanol–water partition coefficient (Wildman–Crippen LogP) is 1.77. The minimum Gasteiger partial charge on any atom is -0.308 e. The number of halogens is 1. The molecular weight excluding hydrogens is 314 g/mol. The van der Waals surface area contributed by atoms with Crippen molar-refractivity contribution < 1.29 is 4.79 Å². The lowest BCUT2D eigenvalue weighted by Gasteiger charge is -2.11. The number of nitroso groups, excluding NO2 is 1. The molecule has 0 spiro atoms. The Bertz CT molecular complexity index is 857. The number of benzene rings is 1. The lowest BCUT2D eigenvalue weighted by atomic mass is 10.3. The number of rotatable bonds is 3. The number of hydrogen-bond acceptors (Lipinski definition) is 5. The first-order valence-corrected chi connectivity index (χ1v) is 6.30. The van der Waals surface area contributed by atoms with Crippen LogP contribution in [-0.4, -0.2) is 15.6 Å². The van der Waals surface area contributed by atoms with Gasteiger partial charge in [0.05, 0.1) is 0 Å². The summed E-state index contributed by atoms with van der Waals surface area (Å²) >= 11 is 5.78. The lowest BCUT2D eigenvalue weighted by molar-refractivity contribution is 0.262. The summed E-state index contributed by atoms with van der Waals surface area (Å²) in [6, 6.07) is 5.56. The number of amides is 2. The molecule has 2 amide bonds. The molecule has 114 valence electrons. The Morgan fingerprint density at radius 1 is 1.32 bits per heavy atom. The Labute approximate surface area is 127 Å². The molecule has 0 aliphatic heterocycles. The zero-order chi connectivity index (χ0) is 16.3. The molecule has 0 aliphatic rings. The summed E-state index contributed by atoms with van der Waals surface area (Å²) in [5, 5.41) is 7.62. The second-order valence-electron chi connectivity index (χ2n) is 4.20. The van der Waals surface area contributed by atoms with Crippen molar-refractivity contribution >= 4 is 34.8 Å². The predicted molar refractivity (Wildman–Crippen MR) is 81.9 cm³/mol. The molecule has 10 heteroatoms. The largest absolute Gasteiger partial charge is 0.329 e. The van der Waals surface area contributed by atoms with Crippen LogP contribution in [0.5, 0.6) is 0 Å². The van der Waals surface area contributed by atoms with Gasteiger partial charge in [-0.3, -0.25) is 19.7 Å². The molecule has 0 atom stereocenters. The van der Waals surface area contributed by atoms with Crippen LogP contribution in [0, 0.1) is 4.91 Å². The maximum absolute atomic E-state index is 11.9. The van der Waals surface area contributed by atoms with E-state index in [1.807, 2.05) is 4.98 Å². The topological polar surface area (TPSA) is 125 Å². The highest BCUT2D eigenvalue weighted by atomic mass is 35.5. The Hall–Kier alpha value is -2.94. The molecule has 22 heavy (non-hydrogen) atoms. The van der Waals surface area contributed by atoms with Crippen LogP contribution in [-0.2, 0) is 7.05 Å². The monoisotopic (exact) mass is 323 g/mol. The number of anilines is 2. The number of nitrogens with one attached hydrogen (secondary N) is 3. The summed E-state index contributed by atoms with van der Waals surface area (Å²) in [4.78, 5) is 47.5. The van der Waals surface area contributed by atoms with Crippen molar-refractivity contribution in [2.24, 2.45) is 12.2 Å². The summed E-state index contributed by atoms with van der Waals surface area (Å²) in [7, 11) is 1.27. The molecule has 3 N–H and O–H groups in total. The van der Waals surface area contributed by atoms with Gasteiger partial charge in [0, 0.05) is 17.8 Å².